The van der Waals surface area contributed by atoms with Gasteiger partial charge in [-0.2, -0.15) is 5.10 Å². The molecule has 1 heterocycles. The Morgan fingerprint density at radius 3 is 2.62 bits per heavy atom. The second-order valence-electron chi connectivity index (χ2n) is 6.07. The van der Waals surface area contributed by atoms with Gasteiger partial charge in [0.1, 0.15) is 0 Å². The zero-order valence-electron chi connectivity index (χ0n) is 13.8. The van der Waals surface area contributed by atoms with Crippen LogP contribution in [0.2, 0.25) is 0 Å². The summed E-state index contributed by atoms with van der Waals surface area (Å²) in [7, 11) is 1.60. The molecule has 21 heavy (non-hydrogen) atoms. The summed E-state index contributed by atoms with van der Waals surface area (Å²) in [5.74, 6) is 0.796. The molecular weight excluding hydrogens is 264 g/mol. The summed E-state index contributed by atoms with van der Waals surface area (Å²) in [5, 5.41) is 4.73. The number of nitrogens with one attached hydrogen (secondary N) is 1. The van der Waals surface area contributed by atoms with Crippen LogP contribution in [0.3, 0.4) is 0 Å². The van der Waals surface area contributed by atoms with Gasteiger partial charge in [0.05, 0.1) is 24.2 Å². The molecule has 0 bridgehead atoms. The quantitative estimate of drug-likeness (QED) is 0.837. The highest BCUT2D eigenvalue weighted by Gasteiger charge is 2.24. The minimum Gasteiger partial charge on any atom is -0.397 e. The molecule has 2 rings (SSSR count). The van der Waals surface area contributed by atoms with E-state index in [-0.39, 0.29) is 0 Å². The van der Waals surface area contributed by atoms with Crippen LogP contribution in [0.15, 0.2) is 17.5 Å². The smallest absolute Gasteiger partial charge is 0.0636 e. The Balaban J connectivity index is 2.47. The molecule has 1 aliphatic rings. The van der Waals surface area contributed by atoms with Crippen LogP contribution in [-0.4, -0.2) is 16.9 Å². The van der Waals surface area contributed by atoms with Crippen LogP contribution >= 0.6 is 0 Å². The number of aromatic nitrogens is 2. The molecule has 0 aliphatic heterocycles. The Labute approximate surface area is 126 Å². The molecule has 0 saturated carbocycles. The van der Waals surface area contributed by atoms with Crippen molar-refractivity contribution in [3.8, 4) is 0 Å². The molecule has 1 unspecified atom stereocenters. The van der Waals surface area contributed by atoms with Crippen molar-refractivity contribution >= 4 is 5.70 Å². The van der Waals surface area contributed by atoms with E-state index >= 15 is 0 Å². The van der Waals surface area contributed by atoms with Crippen LogP contribution in [0.25, 0.3) is 5.70 Å². The van der Waals surface area contributed by atoms with Crippen molar-refractivity contribution in [2.24, 2.45) is 11.7 Å². The number of rotatable bonds is 4. The lowest BCUT2D eigenvalue weighted by atomic mass is 9.94. The van der Waals surface area contributed by atoms with Crippen molar-refractivity contribution in [2.45, 2.75) is 47.0 Å². The van der Waals surface area contributed by atoms with Gasteiger partial charge in [-0.3, -0.25) is 10.3 Å². The van der Waals surface area contributed by atoms with E-state index in [0.29, 0.717) is 17.5 Å². The van der Waals surface area contributed by atoms with Crippen LogP contribution in [0.1, 0.15) is 50.1 Å². The number of nitrogens with zero attached hydrogens (tertiary/aromatic N) is 2. The molecule has 0 saturated heterocycles. The summed E-state index contributed by atoms with van der Waals surface area (Å²) in [6.45, 7) is 10.8. The first-order chi connectivity index (χ1) is 9.86. The lowest BCUT2D eigenvalue weighted by molar-refractivity contribution is 0.112. The number of nitrogens with two attached hydrogens (primary N) is 1. The van der Waals surface area contributed by atoms with Gasteiger partial charge in [0.2, 0.25) is 0 Å². The first kappa shape index (κ1) is 15.6. The van der Waals surface area contributed by atoms with Gasteiger partial charge in [-0.1, -0.05) is 20.8 Å². The fourth-order valence-corrected chi connectivity index (χ4v) is 3.15. The summed E-state index contributed by atoms with van der Waals surface area (Å²) in [4.78, 5) is 4.98. The van der Waals surface area contributed by atoms with Gasteiger partial charge >= 0.3 is 0 Å². The van der Waals surface area contributed by atoms with Gasteiger partial charge in [-0.25, -0.2) is 4.68 Å². The monoisotopic (exact) mass is 290 g/mol. The highest BCUT2D eigenvalue weighted by molar-refractivity contribution is 5.57. The van der Waals surface area contributed by atoms with Crippen molar-refractivity contribution in [2.75, 3.05) is 7.11 Å². The Morgan fingerprint density at radius 1 is 1.43 bits per heavy atom. The molecule has 0 aromatic carbocycles. The van der Waals surface area contributed by atoms with E-state index in [1.54, 1.807) is 7.11 Å². The van der Waals surface area contributed by atoms with Crippen LogP contribution < -0.4 is 11.2 Å². The van der Waals surface area contributed by atoms with Gasteiger partial charge in [0.25, 0.3) is 0 Å². The van der Waals surface area contributed by atoms with Crippen LogP contribution in [0.4, 0.5) is 0 Å². The average molecular weight is 290 g/mol. The van der Waals surface area contributed by atoms with Crippen molar-refractivity contribution in [1.29, 1.82) is 0 Å². The van der Waals surface area contributed by atoms with Gasteiger partial charge in [-0.05, 0) is 37.8 Å². The molecule has 3 N–H and O–H groups in total. The third-order valence-corrected chi connectivity index (χ3v) is 4.06. The summed E-state index contributed by atoms with van der Waals surface area (Å²) in [6, 6.07) is 0. The average Bonchev–Trinajstić information content (AvgIpc) is 2.69. The van der Waals surface area contributed by atoms with Crippen LogP contribution in [0.5, 0.6) is 0 Å². The highest BCUT2D eigenvalue weighted by Crippen LogP contribution is 2.32. The summed E-state index contributed by atoms with van der Waals surface area (Å²) in [6.07, 6.45) is 2.82. The lowest BCUT2D eigenvalue weighted by Crippen LogP contribution is -2.24. The van der Waals surface area contributed by atoms with Crippen molar-refractivity contribution < 1.29 is 4.84 Å². The predicted molar refractivity (Wildman–Crippen MR) is 85.2 cm³/mol. The molecule has 1 atom stereocenters. The van der Waals surface area contributed by atoms with E-state index in [1.165, 1.54) is 11.3 Å². The fraction of sp³-hybridized carbons (Fsp3) is 0.562. The number of hydroxylamine groups is 1. The second kappa shape index (κ2) is 5.93. The standard InChI is InChI=1S/C16H26N4O/c1-9(2)16-11(4)18-20(12(16)5)15-8-13(17)14(19-21-6)7-10(15)3/h8-10,19H,7,17H2,1-6H3. The van der Waals surface area contributed by atoms with E-state index in [0.717, 1.165) is 23.5 Å². The van der Waals surface area contributed by atoms with Gasteiger partial charge in [0.15, 0.2) is 0 Å². The third kappa shape index (κ3) is 2.83. The van der Waals surface area contributed by atoms with Crippen LogP contribution in [0, 0.1) is 19.8 Å². The minimum atomic E-state index is 0.327. The maximum Gasteiger partial charge on any atom is 0.0636 e. The number of hydrogen-bond donors (Lipinski definition) is 2. The van der Waals surface area contributed by atoms with Crippen molar-refractivity contribution in [1.82, 2.24) is 15.3 Å². The third-order valence-electron chi connectivity index (χ3n) is 4.06. The maximum atomic E-state index is 6.13. The van der Waals surface area contributed by atoms with Gasteiger partial charge < -0.3 is 5.73 Å². The summed E-state index contributed by atoms with van der Waals surface area (Å²) < 4.78 is 2.05. The van der Waals surface area contributed by atoms with E-state index in [4.69, 9.17) is 15.7 Å². The largest absolute Gasteiger partial charge is 0.397 e. The first-order valence-corrected chi connectivity index (χ1v) is 7.42. The summed E-state index contributed by atoms with van der Waals surface area (Å²) in [5.41, 5.74) is 15.4. The normalized spacial score (nSPS) is 19.2. The van der Waals surface area contributed by atoms with E-state index in [1.807, 2.05) is 10.8 Å². The zero-order valence-corrected chi connectivity index (χ0v) is 13.8. The first-order valence-electron chi connectivity index (χ1n) is 7.42. The maximum absolute atomic E-state index is 6.13. The molecule has 1 aliphatic carbocycles. The van der Waals surface area contributed by atoms with Crippen molar-refractivity contribution in [3.05, 3.63) is 34.4 Å². The van der Waals surface area contributed by atoms with Gasteiger partial charge in [0, 0.05) is 17.3 Å². The molecule has 5 heteroatoms. The molecule has 0 radical (unpaired) electrons. The molecule has 5 nitrogen and oxygen atoms in total. The molecule has 0 spiro atoms. The lowest BCUT2D eigenvalue weighted by Gasteiger charge is -2.25. The predicted octanol–water partition coefficient (Wildman–Crippen LogP) is 2.83. The Morgan fingerprint density at radius 2 is 2.10 bits per heavy atom. The number of aryl methyl sites for hydroxylation is 1. The zero-order chi connectivity index (χ0) is 15.7. The number of allylic oxidation sites excluding steroid dienone is 3. The molecule has 1 aromatic heterocycles. The number of hydrogen-bond acceptors (Lipinski definition) is 4. The topological polar surface area (TPSA) is 65.1 Å². The molecule has 116 valence electrons. The highest BCUT2D eigenvalue weighted by atomic mass is 16.6. The Kier molecular flexibility index (Phi) is 4.42. The second-order valence-corrected chi connectivity index (χ2v) is 6.07. The molecule has 0 amide bonds. The Hall–Kier alpha value is -1.75. The molecule has 0 fully saturated rings. The van der Waals surface area contributed by atoms with E-state index in [2.05, 4.69) is 40.1 Å². The summed E-state index contributed by atoms with van der Waals surface area (Å²) >= 11 is 0. The van der Waals surface area contributed by atoms with Crippen molar-refractivity contribution in [3.63, 3.8) is 0 Å². The van der Waals surface area contributed by atoms with Crippen LogP contribution in [-0.2, 0) is 4.84 Å². The van der Waals surface area contributed by atoms with Gasteiger partial charge in [-0.15, -0.1) is 0 Å². The van der Waals surface area contributed by atoms with E-state index < -0.39 is 0 Å². The Bertz CT molecular complexity index is 596. The van der Waals surface area contributed by atoms with E-state index in [9.17, 15) is 0 Å². The SMILES string of the molecule is CONC1=C(N)C=C(n2nc(C)c(C(C)C)c2C)C(C)C1. The molecule has 1 aromatic rings. The fourth-order valence-electron chi connectivity index (χ4n) is 3.15. The minimum absolute atomic E-state index is 0.327. The molecular formula is C16H26N4O.